The minimum absolute atomic E-state index is 0.0966. The van der Waals surface area contributed by atoms with Gasteiger partial charge in [0.25, 0.3) is 0 Å². The molecule has 1 aliphatic heterocycles. The number of rotatable bonds is 6. The van der Waals surface area contributed by atoms with E-state index in [2.05, 4.69) is 10.3 Å². The summed E-state index contributed by atoms with van der Waals surface area (Å²) < 4.78 is 44.4. The molecule has 3 aromatic rings. The van der Waals surface area contributed by atoms with Gasteiger partial charge in [0.1, 0.15) is 0 Å². The SMILES string of the molecule is O=c1c(NCc2ccccn2)c(-c2ccc(N3CC(CO)OC(C(F)(F)F)C3)cc2)c1=O. The van der Waals surface area contributed by atoms with Crippen LogP contribution in [-0.2, 0) is 11.3 Å². The van der Waals surface area contributed by atoms with Gasteiger partial charge in [-0.1, -0.05) is 18.2 Å². The van der Waals surface area contributed by atoms with Crippen molar-refractivity contribution in [2.45, 2.75) is 24.9 Å². The molecule has 0 amide bonds. The van der Waals surface area contributed by atoms with Crippen molar-refractivity contribution in [3.63, 3.8) is 0 Å². The number of benzene rings is 1. The van der Waals surface area contributed by atoms with E-state index in [0.717, 1.165) is 0 Å². The Morgan fingerprint density at radius 2 is 1.84 bits per heavy atom. The van der Waals surface area contributed by atoms with Gasteiger partial charge in [-0.15, -0.1) is 0 Å². The molecule has 0 saturated carbocycles. The van der Waals surface area contributed by atoms with Crippen LogP contribution in [0.5, 0.6) is 0 Å². The van der Waals surface area contributed by atoms with Gasteiger partial charge in [-0.25, -0.2) is 0 Å². The molecular weight excluding hydrogens is 427 g/mol. The van der Waals surface area contributed by atoms with Crippen LogP contribution in [0.4, 0.5) is 24.5 Å². The van der Waals surface area contributed by atoms with Crippen molar-refractivity contribution in [1.82, 2.24) is 4.98 Å². The van der Waals surface area contributed by atoms with Gasteiger partial charge in [-0.05, 0) is 29.8 Å². The smallest absolute Gasteiger partial charge is 0.394 e. The largest absolute Gasteiger partial charge is 0.416 e. The molecule has 0 spiro atoms. The zero-order valence-electron chi connectivity index (χ0n) is 16.8. The number of nitrogens with zero attached hydrogens (tertiary/aromatic N) is 2. The Labute approximate surface area is 180 Å². The molecule has 1 fully saturated rings. The number of hydrogen-bond acceptors (Lipinski definition) is 7. The molecule has 1 saturated heterocycles. The van der Waals surface area contributed by atoms with E-state index in [0.29, 0.717) is 16.9 Å². The summed E-state index contributed by atoms with van der Waals surface area (Å²) >= 11 is 0. The molecule has 168 valence electrons. The van der Waals surface area contributed by atoms with Gasteiger partial charge in [0, 0.05) is 18.4 Å². The Kier molecular flexibility index (Phi) is 5.98. The molecule has 0 aliphatic carbocycles. The average Bonchev–Trinajstić information content (AvgIpc) is 2.81. The van der Waals surface area contributed by atoms with Gasteiger partial charge in [-0.3, -0.25) is 14.6 Å². The van der Waals surface area contributed by atoms with E-state index in [1.807, 2.05) is 6.07 Å². The Hall–Kier alpha value is -3.24. The molecule has 1 aromatic heterocycles. The molecule has 2 N–H and O–H groups in total. The number of alkyl halides is 3. The Balaban J connectivity index is 1.52. The van der Waals surface area contributed by atoms with Crippen molar-refractivity contribution >= 4 is 11.4 Å². The minimum atomic E-state index is -4.55. The summed E-state index contributed by atoms with van der Waals surface area (Å²) in [7, 11) is 0. The molecule has 32 heavy (non-hydrogen) atoms. The van der Waals surface area contributed by atoms with Crippen LogP contribution in [0.2, 0.25) is 0 Å². The van der Waals surface area contributed by atoms with Crippen LogP contribution in [0, 0.1) is 0 Å². The van der Waals surface area contributed by atoms with Crippen molar-refractivity contribution in [3.8, 4) is 11.1 Å². The van der Waals surface area contributed by atoms with E-state index < -0.39 is 42.4 Å². The van der Waals surface area contributed by atoms with E-state index >= 15 is 0 Å². The molecule has 0 bridgehead atoms. The summed E-state index contributed by atoms with van der Waals surface area (Å²) in [4.78, 5) is 29.8. The number of hydrogen-bond donors (Lipinski definition) is 2. The van der Waals surface area contributed by atoms with Crippen LogP contribution in [0.3, 0.4) is 0 Å². The van der Waals surface area contributed by atoms with E-state index in [9.17, 15) is 27.9 Å². The van der Waals surface area contributed by atoms with Crippen molar-refractivity contribution in [2.24, 2.45) is 0 Å². The summed E-state index contributed by atoms with van der Waals surface area (Å²) in [5, 5.41) is 12.3. The zero-order valence-corrected chi connectivity index (χ0v) is 16.8. The van der Waals surface area contributed by atoms with Gasteiger partial charge in [0.05, 0.1) is 42.7 Å². The van der Waals surface area contributed by atoms with Crippen molar-refractivity contribution < 1.29 is 23.0 Å². The fourth-order valence-corrected chi connectivity index (χ4v) is 3.69. The van der Waals surface area contributed by atoms with Crippen LogP contribution in [0.25, 0.3) is 11.1 Å². The first-order valence-electron chi connectivity index (χ1n) is 9.93. The van der Waals surface area contributed by atoms with Gasteiger partial charge in [0.2, 0.25) is 10.9 Å². The highest BCUT2D eigenvalue weighted by molar-refractivity contribution is 5.82. The maximum Gasteiger partial charge on any atom is 0.416 e. The molecule has 7 nitrogen and oxygen atoms in total. The molecule has 10 heteroatoms. The highest BCUT2D eigenvalue weighted by atomic mass is 19.4. The number of ether oxygens (including phenoxy) is 1. The summed E-state index contributed by atoms with van der Waals surface area (Å²) in [6.07, 6.45) is -5.91. The third-order valence-electron chi connectivity index (χ3n) is 5.34. The van der Waals surface area contributed by atoms with Crippen molar-refractivity contribution in [1.29, 1.82) is 0 Å². The van der Waals surface area contributed by atoms with Crippen LogP contribution in [0.1, 0.15) is 5.69 Å². The molecule has 2 aromatic carbocycles. The van der Waals surface area contributed by atoms with Gasteiger partial charge in [-0.2, -0.15) is 13.2 Å². The van der Waals surface area contributed by atoms with E-state index in [1.54, 1.807) is 42.6 Å². The Morgan fingerprint density at radius 1 is 1.09 bits per heavy atom. The van der Waals surface area contributed by atoms with Gasteiger partial charge >= 0.3 is 6.18 Å². The summed E-state index contributed by atoms with van der Waals surface area (Å²) in [6.45, 7) is -0.572. The first-order valence-corrected chi connectivity index (χ1v) is 9.93. The number of morpholine rings is 1. The predicted molar refractivity (Wildman–Crippen MR) is 112 cm³/mol. The number of aromatic nitrogens is 1. The number of aliphatic hydroxyl groups is 1. The fourth-order valence-electron chi connectivity index (χ4n) is 3.69. The van der Waals surface area contributed by atoms with Gasteiger partial charge < -0.3 is 20.1 Å². The molecule has 2 atom stereocenters. The zero-order chi connectivity index (χ0) is 22.9. The van der Waals surface area contributed by atoms with E-state index in [4.69, 9.17) is 4.74 Å². The standard InChI is InChI=1S/C22H20F3N3O4/c23-22(24,25)17-11-28(10-16(12-29)32-17)15-6-4-13(5-7-15)18-19(21(31)20(18)30)27-9-14-3-1-2-8-26-14/h1-8,16-17,27,29H,9-12H2. The van der Waals surface area contributed by atoms with E-state index in [1.165, 1.54) is 4.90 Å². The second kappa shape index (κ2) is 8.71. The number of pyridine rings is 1. The van der Waals surface area contributed by atoms with Crippen molar-refractivity contribution in [3.05, 3.63) is 74.8 Å². The predicted octanol–water partition coefficient (Wildman–Crippen LogP) is 2.09. The summed E-state index contributed by atoms with van der Waals surface area (Å²) in [6, 6.07) is 11.7. The lowest BCUT2D eigenvalue weighted by atomic mass is 9.98. The first-order chi connectivity index (χ1) is 15.3. The van der Waals surface area contributed by atoms with Crippen LogP contribution in [0.15, 0.2) is 58.3 Å². The normalized spacial score (nSPS) is 19.3. The topological polar surface area (TPSA) is 91.8 Å². The van der Waals surface area contributed by atoms with Gasteiger partial charge in [0.15, 0.2) is 6.10 Å². The lowest BCUT2D eigenvalue weighted by Crippen LogP contribution is -2.54. The van der Waals surface area contributed by atoms with Crippen LogP contribution >= 0.6 is 0 Å². The van der Waals surface area contributed by atoms with Crippen LogP contribution < -0.4 is 21.1 Å². The molecule has 2 heterocycles. The molecule has 0 radical (unpaired) electrons. The lowest BCUT2D eigenvalue weighted by Gasteiger charge is -2.39. The summed E-state index contributed by atoms with van der Waals surface area (Å²) in [5.41, 5.74) is 0.870. The quantitative estimate of drug-likeness (QED) is 0.559. The van der Waals surface area contributed by atoms with E-state index in [-0.39, 0.29) is 24.3 Å². The maximum absolute atomic E-state index is 13.2. The lowest BCUT2D eigenvalue weighted by molar-refractivity contribution is -0.238. The first kappa shape index (κ1) is 22.0. The fraction of sp³-hybridized carbons (Fsp3) is 0.318. The maximum atomic E-state index is 13.2. The molecule has 4 rings (SSSR count). The Bertz CT molecular complexity index is 1140. The van der Waals surface area contributed by atoms with Crippen LogP contribution in [-0.4, -0.2) is 48.2 Å². The second-order valence-corrected chi connectivity index (χ2v) is 7.51. The third-order valence-corrected chi connectivity index (χ3v) is 5.34. The molecule has 1 aliphatic rings. The number of nitrogens with one attached hydrogen (secondary N) is 1. The molecule has 2 unspecified atom stereocenters. The average molecular weight is 447 g/mol. The number of halogens is 3. The van der Waals surface area contributed by atoms with Crippen molar-refractivity contribution in [2.75, 3.05) is 29.9 Å². The highest BCUT2D eigenvalue weighted by Gasteiger charge is 2.45. The minimum Gasteiger partial charge on any atom is -0.394 e. The number of anilines is 2. The molecular formula is C22H20F3N3O4. The number of aliphatic hydroxyl groups excluding tert-OH is 1. The highest BCUT2D eigenvalue weighted by Crippen LogP contribution is 2.31. The third kappa shape index (κ3) is 4.37. The second-order valence-electron chi connectivity index (χ2n) is 7.51. The monoisotopic (exact) mass is 447 g/mol. The summed E-state index contributed by atoms with van der Waals surface area (Å²) in [5.74, 6) is 0. The Morgan fingerprint density at radius 3 is 2.47 bits per heavy atom.